The van der Waals surface area contributed by atoms with Crippen LogP contribution in [0.2, 0.25) is 0 Å². The molecule has 0 saturated carbocycles. The number of aromatic nitrogens is 1. The summed E-state index contributed by atoms with van der Waals surface area (Å²) in [5.74, 6) is -0.379. The highest BCUT2D eigenvalue weighted by Gasteiger charge is 2.27. The molecule has 1 heterocycles. The third kappa shape index (κ3) is 2.82. The summed E-state index contributed by atoms with van der Waals surface area (Å²) >= 11 is 0.637. The highest BCUT2D eigenvalue weighted by Crippen LogP contribution is 2.26. The standard InChI is InChI=1S/C12H13FN2O3S2/c1-8(9-3-5-10(13)6-4-9)15(2)20(17,18)11-7-14-12(16)19-11/h3-8H,1-2H3,(H,14,16). The molecule has 0 saturated heterocycles. The molecule has 0 aliphatic heterocycles. The lowest BCUT2D eigenvalue weighted by atomic mass is 10.1. The first-order valence-corrected chi connectivity index (χ1v) is 8.00. The second kappa shape index (κ2) is 5.47. The summed E-state index contributed by atoms with van der Waals surface area (Å²) in [6.07, 6.45) is 1.18. The van der Waals surface area contributed by atoms with E-state index in [0.29, 0.717) is 16.9 Å². The second-order valence-corrected chi connectivity index (χ2v) is 7.49. The Morgan fingerprint density at radius 1 is 1.30 bits per heavy atom. The van der Waals surface area contributed by atoms with E-state index in [1.165, 1.54) is 37.5 Å². The van der Waals surface area contributed by atoms with Crippen LogP contribution in [0.3, 0.4) is 0 Å². The molecule has 0 amide bonds. The third-order valence-corrected chi connectivity index (χ3v) is 6.24. The number of nitrogens with one attached hydrogen (secondary N) is 1. The monoisotopic (exact) mass is 316 g/mol. The average Bonchev–Trinajstić information content (AvgIpc) is 2.85. The highest BCUT2D eigenvalue weighted by molar-refractivity contribution is 7.91. The van der Waals surface area contributed by atoms with Crippen LogP contribution in [-0.2, 0) is 10.0 Å². The van der Waals surface area contributed by atoms with E-state index in [1.54, 1.807) is 6.92 Å². The predicted molar refractivity (Wildman–Crippen MR) is 74.7 cm³/mol. The molecule has 1 N–H and O–H groups in total. The molecule has 20 heavy (non-hydrogen) atoms. The lowest BCUT2D eigenvalue weighted by Gasteiger charge is -2.23. The minimum Gasteiger partial charge on any atom is -0.318 e. The number of rotatable bonds is 4. The molecular weight excluding hydrogens is 303 g/mol. The number of H-pyrrole nitrogens is 1. The van der Waals surface area contributed by atoms with Gasteiger partial charge in [-0.25, -0.2) is 12.8 Å². The minimum atomic E-state index is -3.75. The molecule has 0 radical (unpaired) electrons. The van der Waals surface area contributed by atoms with Crippen molar-refractivity contribution in [2.75, 3.05) is 7.05 Å². The van der Waals surface area contributed by atoms with Crippen LogP contribution in [-0.4, -0.2) is 24.8 Å². The molecular formula is C12H13FN2O3S2. The molecule has 8 heteroatoms. The zero-order valence-electron chi connectivity index (χ0n) is 10.8. The lowest BCUT2D eigenvalue weighted by Crippen LogP contribution is -2.29. The van der Waals surface area contributed by atoms with Crippen LogP contribution in [0, 0.1) is 5.82 Å². The first-order chi connectivity index (χ1) is 9.32. The molecule has 108 valence electrons. The molecule has 5 nitrogen and oxygen atoms in total. The first kappa shape index (κ1) is 14.9. The number of sulfonamides is 1. The van der Waals surface area contributed by atoms with Crippen molar-refractivity contribution in [1.82, 2.24) is 9.29 Å². The molecule has 2 aromatic rings. The van der Waals surface area contributed by atoms with E-state index in [1.807, 2.05) is 0 Å². The van der Waals surface area contributed by atoms with Gasteiger partial charge in [-0.2, -0.15) is 4.31 Å². The fourth-order valence-electron chi connectivity index (χ4n) is 1.70. The van der Waals surface area contributed by atoms with Crippen molar-refractivity contribution >= 4 is 21.4 Å². The first-order valence-electron chi connectivity index (χ1n) is 5.74. The van der Waals surface area contributed by atoms with Gasteiger partial charge in [0.1, 0.15) is 5.82 Å². The van der Waals surface area contributed by atoms with Crippen molar-refractivity contribution < 1.29 is 12.8 Å². The van der Waals surface area contributed by atoms with E-state index < -0.39 is 20.9 Å². The van der Waals surface area contributed by atoms with Gasteiger partial charge in [-0.1, -0.05) is 23.5 Å². The highest BCUT2D eigenvalue weighted by atomic mass is 32.2. The van der Waals surface area contributed by atoms with Gasteiger partial charge in [-0.15, -0.1) is 0 Å². The van der Waals surface area contributed by atoms with Crippen molar-refractivity contribution in [3.63, 3.8) is 0 Å². The molecule has 0 fully saturated rings. The van der Waals surface area contributed by atoms with E-state index in [0.717, 1.165) is 4.31 Å². The van der Waals surface area contributed by atoms with E-state index in [9.17, 15) is 17.6 Å². The summed E-state index contributed by atoms with van der Waals surface area (Å²) in [4.78, 5) is 13.0. The lowest BCUT2D eigenvalue weighted by molar-refractivity contribution is 0.399. The molecule has 1 aromatic heterocycles. The SMILES string of the molecule is CC(c1ccc(F)cc1)N(C)S(=O)(=O)c1c[nH]c(=O)s1. The van der Waals surface area contributed by atoms with Crippen molar-refractivity contribution in [3.05, 3.63) is 51.5 Å². The number of halogens is 1. The van der Waals surface area contributed by atoms with Gasteiger partial charge in [0.2, 0.25) is 0 Å². The normalized spacial score (nSPS) is 13.6. The largest absolute Gasteiger partial charge is 0.318 e. The zero-order valence-corrected chi connectivity index (χ0v) is 12.5. The summed E-state index contributed by atoms with van der Waals surface area (Å²) in [5.41, 5.74) is 0.667. The molecule has 1 atom stereocenters. The Bertz CT molecular complexity index is 750. The minimum absolute atomic E-state index is 0.0426. The summed E-state index contributed by atoms with van der Waals surface area (Å²) in [5, 5.41) is 0. The Morgan fingerprint density at radius 2 is 1.90 bits per heavy atom. The van der Waals surface area contributed by atoms with Gasteiger partial charge >= 0.3 is 4.87 Å². The van der Waals surface area contributed by atoms with Gasteiger partial charge in [0.05, 0.1) is 0 Å². The fraction of sp³-hybridized carbons (Fsp3) is 0.250. The van der Waals surface area contributed by atoms with Crippen LogP contribution < -0.4 is 4.87 Å². The molecule has 0 bridgehead atoms. The number of aromatic amines is 1. The van der Waals surface area contributed by atoms with Crippen molar-refractivity contribution in [1.29, 1.82) is 0 Å². The van der Waals surface area contributed by atoms with Gasteiger partial charge in [0.15, 0.2) is 4.21 Å². The van der Waals surface area contributed by atoms with Crippen LogP contribution in [0.15, 0.2) is 39.5 Å². The maximum absolute atomic E-state index is 12.9. The Labute approximate surface area is 119 Å². The Morgan fingerprint density at radius 3 is 2.40 bits per heavy atom. The molecule has 1 unspecified atom stereocenters. The van der Waals surface area contributed by atoms with E-state index in [2.05, 4.69) is 4.98 Å². The third-order valence-electron chi connectivity index (χ3n) is 3.03. The summed E-state index contributed by atoms with van der Waals surface area (Å²) < 4.78 is 38.7. The van der Waals surface area contributed by atoms with Crippen LogP contribution in [0.5, 0.6) is 0 Å². The van der Waals surface area contributed by atoms with Gasteiger partial charge in [0.25, 0.3) is 10.0 Å². The van der Waals surface area contributed by atoms with Crippen molar-refractivity contribution in [2.45, 2.75) is 17.2 Å². The number of hydrogen-bond acceptors (Lipinski definition) is 4. The molecule has 0 aliphatic carbocycles. The maximum Gasteiger partial charge on any atom is 0.305 e. The van der Waals surface area contributed by atoms with Crippen LogP contribution in [0.25, 0.3) is 0 Å². The van der Waals surface area contributed by atoms with E-state index in [4.69, 9.17) is 0 Å². The maximum atomic E-state index is 12.9. The molecule has 2 rings (SSSR count). The molecule has 1 aromatic carbocycles. The van der Waals surface area contributed by atoms with E-state index in [-0.39, 0.29) is 10.0 Å². The predicted octanol–water partition coefficient (Wildman–Crippen LogP) is 1.96. The summed E-state index contributed by atoms with van der Waals surface area (Å²) in [6, 6.07) is 5.15. The Balaban J connectivity index is 2.32. The smallest absolute Gasteiger partial charge is 0.305 e. The number of hydrogen-bond donors (Lipinski definition) is 1. The fourth-order valence-corrected chi connectivity index (χ4v) is 4.15. The quantitative estimate of drug-likeness (QED) is 0.937. The second-order valence-electron chi connectivity index (χ2n) is 4.25. The van der Waals surface area contributed by atoms with Crippen LogP contribution >= 0.6 is 11.3 Å². The van der Waals surface area contributed by atoms with Crippen molar-refractivity contribution in [2.24, 2.45) is 0 Å². The topological polar surface area (TPSA) is 70.2 Å². The van der Waals surface area contributed by atoms with E-state index >= 15 is 0 Å². The average molecular weight is 316 g/mol. The summed E-state index contributed by atoms with van der Waals surface area (Å²) in [7, 11) is -2.32. The van der Waals surface area contributed by atoms with Gasteiger partial charge < -0.3 is 4.98 Å². The number of thiazole rings is 1. The number of nitrogens with zero attached hydrogens (tertiary/aromatic N) is 1. The van der Waals surface area contributed by atoms with Gasteiger partial charge in [-0.05, 0) is 24.6 Å². The van der Waals surface area contributed by atoms with Crippen LogP contribution in [0.4, 0.5) is 4.39 Å². The van der Waals surface area contributed by atoms with Crippen LogP contribution in [0.1, 0.15) is 18.5 Å². The Kier molecular flexibility index (Phi) is 4.07. The molecule has 0 spiro atoms. The van der Waals surface area contributed by atoms with Gasteiger partial charge in [-0.3, -0.25) is 4.79 Å². The number of benzene rings is 1. The van der Waals surface area contributed by atoms with Crippen molar-refractivity contribution in [3.8, 4) is 0 Å². The Hall–Kier alpha value is -1.51. The molecule has 0 aliphatic rings. The van der Waals surface area contributed by atoms with Gasteiger partial charge in [0, 0.05) is 19.3 Å². The zero-order chi connectivity index (χ0) is 14.9. The summed E-state index contributed by atoms with van der Waals surface area (Å²) in [6.45, 7) is 1.69.